The molecule has 4 N–H and O–H groups in total. The van der Waals surface area contributed by atoms with Crippen LogP contribution >= 0.6 is 0 Å². The van der Waals surface area contributed by atoms with E-state index in [1.54, 1.807) is 12.3 Å². The summed E-state index contributed by atoms with van der Waals surface area (Å²) >= 11 is 0. The molecule has 92 valence electrons. The zero-order chi connectivity index (χ0) is 12.4. The minimum Gasteiger partial charge on any atom is -0.391 e. The number of nitrogens with one attached hydrogen (secondary N) is 1. The first-order chi connectivity index (χ1) is 8.08. The Morgan fingerprint density at radius 3 is 3.06 bits per heavy atom. The average Bonchev–Trinajstić information content (AvgIpc) is 2.33. The summed E-state index contributed by atoms with van der Waals surface area (Å²) in [5.74, 6) is 0.318. The van der Waals surface area contributed by atoms with Crippen LogP contribution in [-0.2, 0) is 0 Å². The number of aliphatic hydroxyl groups is 1. The summed E-state index contributed by atoms with van der Waals surface area (Å²) in [7, 11) is 0. The van der Waals surface area contributed by atoms with Crippen LogP contribution in [0, 0.1) is 11.3 Å². The lowest BCUT2D eigenvalue weighted by Crippen LogP contribution is -2.43. The number of hydrogen-bond donors (Lipinski definition) is 3. The number of nitrogens with two attached hydrogens (primary N) is 1. The van der Waals surface area contributed by atoms with Crippen molar-refractivity contribution in [1.82, 2.24) is 4.98 Å². The van der Waals surface area contributed by atoms with E-state index >= 15 is 0 Å². The fourth-order valence-electron chi connectivity index (χ4n) is 2.05. The average molecular weight is 234 g/mol. The molecule has 0 radical (unpaired) electrons. The zero-order valence-electron chi connectivity index (χ0n) is 9.93. The summed E-state index contributed by atoms with van der Waals surface area (Å²) < 4.78 is 0. The fraction of sp³-hybridized carbons (Fsp3) is 0.500. The highest BCUT2D eigenvalue weighted by Crippen LogP contribution is 2.23. The predicted molar refractivity (Wildman–Crippen MR) is 67.3 cm³/mol. The van der Waals surface area contributed by atoms with Gasteiger partial charge in [-0.05, 0) is 24.5 Å². The van der Waals surface area contributed by atoms with E-state index in [1.165, 1.54) is 0 Å². The van der Waals surface area contributed by atoms with Gasteiger partial charge in [-0.1, -0.05) is 6.92 Å². The van der Waals surface area contributed by atoms with Gasteiger partial charge in [0, 0.05) is 25.0 Å². The molecule has 1 aromatic heterocycles. The van der Waals surface area contributed by atoms with Crippen molar-refractivity contribution in [2.24, 2.45) is 11.7 Å². The normalized spacial score (nSPS) is 24.7. The second kappa shape index (κ2) is 4.71. The van der Waals surface area contributed by atoms with Gasteiger partial charge in [0.15, 0.2) is 0 Å². The maximum absolute atomic E-state index is 9.86. The van der Waals surface area contributed by atoms with Gasteiger partial charge in [0.1, 0.15) is 11.5 Å². The van der Waals surface area contributed by atoms with Crippen LogP contribution in [0.4, 0.5) is 5.69 Å². The molecule has 0 amide bonds. The van der Waals surface area contributed by atoms with Gasteiger partial charge >= 0.3 is 0 Å². The number of nitrogen functional groups attached to an aromatic ring is 1. The molecule has 0 saturated carbocycles. The minimum absolute atomic E-state index is 0.0298. The molecular weight excluding hydrogens is 216 g/mol. The van der Waals surface area contributed by atoms with Crippen molar-refractivity contribution < 1.29 is 5.11 Å². The second-order valence-corrected chi connectivity index (χ2v) is 4.59. The number of amidine groups is 1. The van der Waals surface area contributed by atoms with Crippen molar-refractivity contribution in [1.29, 1.82) is 5.41 Å². The Labute approximate surface area is 101 Å². The van der Waals surface area contributed by atoms with E-state index in [0.29, 0.717) is 18.2 Å². The molecule has 2 rings (SSSR count). The minimum atomic E-state index is -0.294. The standard InChI is InChI=1S/C12H18N4O/c1-8-3-5-16(7-11(8)17)9-2-4-15-10(6-9)12(13)14/h2,4,6,8,11,17H,3,5,7H2,1H3,(H3,13,14). The first-order valence-corrected chi connectivity index (χ1v) is 5.81. The monoisotopic (exact) mass is 234 g/mol. The molecule has 2 unspecified atom stereocenters. The van der Waals surface area contributed by atoms with Gasteiger partial charge in [-0.3, -0.25) is 10.4 Å². The van der Waals surface area contributed by atoms with Crippen molar-refractivity contribution in [3.8, 4) is 0 Å². The lowest BCUT2D eigenvalue weighted by atomic mass is 9.96. The van der Waals surface area contributed by atoms with Crippen LogP contribution in [-0.4, -0.2) is 35.1 Å². The van der Waals surface area contributed by atoms with Gasteiger partial charge in [-0.15, -0.1) is 0 Å². The smallest absolute Gasteiger partial charge is 0.141 e. The molecule has 2 atom stereocenters. The van der Waals surface area contributed by atoms with Crippen LogP contribution < -0.4 is 10.6 Å². The fourth-order valence-corrected chi connectivity index (χ4v) is 2.05. The first-order valence-electron chi connectivity index (χ1n) is 5.81. The highest BCUT2D eigenvalue weighted by Gasteiger charge is 2.24. The van der Waals surface area contributed by atoms with Gasteiger partial charge in [0.25, 0.3) is 0 Å². The predicted octanol–water partition coefficient (Wildman–Crippen LogP) is 0.573. The van der Waals surface area contributed by atoms with E-state index in [9.17, 15) is 5.11 Å². The number of aliphatic hydroxyl groups excluding tert-OH is 1. The van der Waals surface area contributed by atoms with Crippen molar-refractivity contribution in [3.63, 3.8) is 0 Å². The SMILES string of the molecule is CC1CCN(c2ccnc(C(=N)N)c2)CC1O. The van der Waals surface area contributed by atoms with Gasteiger partial charge in [0.05, 0.1) is 6.10 Å². The second-order valence-electron chi connectivity index (χ2n) is 4.59. The molecule has 0 aromatic carbocycles. The Morgan fingerprint density at radius 2 is 2.41 bits per heavy atom. The summed E-state index contributed by atoms with van der Waals surface area (Å²) in [6.45, 7) is 3.61. The van der Waals surface area contributed by atoms with Crippen LogP contribution in [0.5, 0.6) is 0 Å². The number of anilines is 1. The first kappa shape index (κ1) is 11.9. The maximum Gasteiger partial charge on any atom is 0.141 e. The summed E-state index contributed by atoms with van der Waals surface area (Å²) in [4.78, 5) is 6.14. The highest BCUT2D eigenvalue weighted by atomic mass is 16.3. The van der Waals surface area contributed by atoms with Gasteiger partial charge in [0.2, 0.25) is 0 Å². The largest absolute Gasteiger partial charge is 0.391 e. The number of hydrogen-bond acceptors (Lipinski definition) is 4. The third-order valence-corrected chi connectivity index (χ3v) is 3.30. The number of aromatic nitrogens is 1. The Morgan fingerprint density at radius 1 is 1.65 bits per heavy atom. The Hall–Kier alpha value is -1.62. The van der Waals surface area contributed by atoms with E-state index in [4.69, 9.17) is 11.1 Å². The Bertz CT molecular complexity index is 421. The quantitative estimate of drug-likeness (QED) is 0.516. The van der Waals surface area contributed by atoms with Crippen molar-refractivity contribution in [3.05, 3.63) is 24.0 Å². The molecule has 1 aromatic rings. The number of pyridine rings is 1. The molecule has 0 bridgehead atoms. The molecule has 1 aliphatic rings. The lowest BCUT2D eigenvalue weighted by Gasteiger charge is -2.35. The van der Waals surface area contributed by atoms with Crippen molar-refractivity contribution in [2.45, 2.75) is 19.4 Å². The van der Waals surface area contributed by atoms with Crippen LogP contribution in [0.1, 0.15) is 19.0 Å². The van der Waals surface area contributed by atoms with Gasteiger partial charge < -0.3 is 15.7 Å². The van der Waals surface area contributed by atoms with Crippen molar-refractivity contribution in [2.75, 3.05) is 18.0 Å². The van der Waals surface area contributed by atoms with E-state index in [2.05, 4.69) is 16.8 Å². The van der Waals surface area contributed by atoms with E-state index in [1.807, 2.05) is 6.07 Å². The summed E-state index contributed by atoms with van der Waals surface area (Å²) in [6.07, 6.45) is 2.33. The molecule has 5 nitrogen and oxygen atoms in total. The molecule has 0 spiro atoms. The molecule has 2 heterocycles. The number of piperidine rings is 1. The molecule has 5 heteroatoms. The molecule has 1 aliphatic heterocycles. The van der Waals surface area contributed by atoms with Crippen molar-refractivity contribution >= 4 is 11.5 Å². The van der Waals surface area contributed by atoms with Crippen LogP contribution in [0.15, 0.2) is 18.3 Å². The molecule has 0 aliphatic carbocycles. The summed E-state index contributed by atoms with van der Waals surface area (Å²) in [5, 5.41) is 17.2. The highest BCUT2D eigenvalue weighted by molar-refractivity contribution is 5.93. The molecule has 1 saturated heterocycles. The zero-order valence-corrected chi connectivity index (χ0v) is 9.93. The van der Waals surface area contributed by atoms with Crippen LogP contribution in [0.2, 0.25) is 0 Å². The van der Waals surface area contributed by atoms with E-state index in [0.717, 1.165) is 18.7 Å². The third kappa shape index (κ3) is 2.55. The molecule has 17 heavy (non-hydrogen) atoms. The molecule has 1 fully saturated rings. The molecular formula is C12H18N4O. The Balaban J connectivity index is 2.17. The summed E-state index contributed by atoms with van der Waals surface area (Å²) in [5.41, 5.74) is 6.87. The number of nitrogens with zero attached hydrogens (tertiary/aromatic N) is 2. The van der Waals surface area contributed by atoms with Crippen LogP contribution in [0.25, 0.3) is 0 Å². The number of rotatable bonds is 2. The van der Waals surface area contributed by atoms with E-state index < -0.39 is 0 Å². The third-order valence-electron chi connectivity index (χ3n) is 3.30. The Kier molecular flexibility index (Phi) is 3.28. The topological polar surface area (TPSA) is 86.2 Å². The van der Waals surface area contributed by atoms with Gasteiger partial charge in [-0.25, -0.2) is 0 Å². The number of β-amino-alcohol motifs (C(OH)–C–C–N with tert-alkyl or cyclic N) is 1. The van der Waals surface area contributed by atoms with E-state index in [-0.39, 0.29) is 11.9 Å². The lowest BCUT2D eigenvalue weighted by molar-refractivity contribution is 0.103. The summed E-state index contributed by atoms with van der Waals surface area (Å²) in [6, 6.07) is 3.68. The van der Waals surface area contributed by atoms with Crippen LogP contribution in [0.3, 0.4) is 0 Å². The van der Waals surface area contributed by atoms with Gasteiger partial charge in [-0.2, -0.15) is 0 Å². The maximum atomic E-state index is 9.86.